The molecule has 0 bridgehead atoms. The smallest absolute Gasteiger partial charge is 0.411 e. The number of β-amino-alcohol motifs (C(OH)–C–C–N with tert-alkyl or cyclic N) is 1. The summed E-state index contributed by atoms with van der Waals surface area (Å²) in [6.07, 6.45) is -0.642. The summed E-state index contributed by atoms with van der Waals surface area (Å²) in [6, 6.07) is 9.02. The molecule has 0 spiro atoms. The summed E-state index contributed by atoms with van der Waals surface area (Å²) < 4.78 is 5.37. The molecular weight excluding hydrogens is 332 g/mol. The number of carbonyl (C=O) groups excluding carboxylic acids is 1. The molecule has 26 heavy (non-hydrogen) atoms. The lowest BCUT2D eigenvalue weighted by molar-refractivity contribution is -0.117. The Bertz CT molecular complexity index is 688. The van der Waals surface area contributed by atoms with Gasteiger partial charge in [0.15, 0.2) is 5.71 Å². The number of rotatable bonds is 5. The van der Waals surface area contributed by atoms with Gasteiger partial charge in [-0.3, -0.25) is 15.2 Å². The van der Waals surface area contributed by atoms with Crippen molar-refractivity contribution in [2.75, 3.05) is 26.3 Å². The second kappa shape index (κ2) is 8.30. The van der Waals surface area contributed by atoms with Crippen LogP contribution in [0.2, 0.25) is 0 Å². The standard InChI is InChI=1S/C19H26N4O3/c1-19(2,3)26-18(25)23-9-8-22(13-23)12-16(24)10-17(21)15-6-4-14(11-20)5-7-15/h4-7,16,21,24H,8-10,12-13H2,1-3H3/p+1. The van der Waals surface area contributed by atoms with E-state index in [-0.39, 0.29) is 6.09 Å². The molecule has 1 unspecified atom stereocenters. The number of amides is 1. The SMILES string of the molecule is CC(C)(C)OC(=O)N1CCN(CC(O)CC(=[NH2+])c2ccc(C#N)cc2)C1. The van der Waals surface area contributed by atoms with Gasteiger partial charge in [0.25, 0.3) is 0 Å². The van der Waals surface area contributed by atoms with Crippen molar-refractivity contribution in [1.82, 2.24) is 9.80 Å². The van der Waals surface area contributed by atoms with E-state index in [4.69, 9.17) is 15.4 Å². The predicted octanol–water partition coefficient (Wildman–Crippen LogP) is 0.368. The molecule has 1 aliphatic heterocycles. The topological polar surface area (TPSA) is 102 Å². The fourth-order valence-electron chi connectivity index (χ4n) is 2.76. The molecule has 1 fully saturated rings. The maximum Gasteiger partial charge on any atom is 0.411 e. The molecule has 0 aliphatic carbocycles. The van der Waals surface area contributed by atoms with Crippen LogP contribution in [0.25, 0.3) is 0 Å². The first-order valence-electron chi connectivity index (χ1n) is 8.68. The third-order valence-electron chi connectivity index (χ3n) is 4.02. The minimum absolute atomic E-state index is 0.328. The summed E-state index contributed by atoms with van der Waals surface area (Å²) >= 11 is 0. The molecule has 7 heteroatoms. The third kappa shape index (κ3) is 5.83. The number of aliphatic hydroxyl groups is 1. The number of ether oxygens (including phenoxy) is 1. The predicted molar refractivity (Wildman–Crippen MR) is 97.2 cm³/mol. The van der Waals surface area contributed by atoms with E-state index < -0.39 is 11.7 Å². The number of aliphatic hydroxyl groups excluding tert-OH is 1. The number of hydrogen-bond acceptors (Lipinski definition) is 5. The Morgan fingerprint density at radius 2 is 2.00 bits per heavy atom. The summed E-state index contributed by atoms with van der Waals surface area (Å²) in [5.41, 5.74) is 1.43. The van der Waals surface area contributed by atoms with E-state index in [1.54, 1.807) is 29.2 Å². The van der Waals surface area contributed by atoms with Crippen LogP contribution in [0.4, 0.5) is 4.79 Å². The first kappa shape index (κ1) is 19.9. The zero-order valence-corrected chi connectivity index (χ0v) is 15.6. The fraction of sp³-hybridized carbons (Fsp3) is 0.526. The van der Waals surface area contributed by atoms with Gasteiger partial charge in [0, 0.05) is 25.2 Å². The van der Waals surface area contributed by atoms with Gasteiger partial charge >= 0.3 is 6.09 Å². The molecule has 1 heterocycles. The van der Waals surface area contributed by atoms with E-state index in [9.17, 15) is 9.90 Å². The summed E-state index contributed by atoms with van der Waals surface area (Å²) in [6.45, 7) is 7.64. The molecule has 3 N–H and O–H groups in total. The van der Waals surface area contributed by atoms with Crippen LogP contribution < -0.4 is 5.41 Å². The Morgan fingerprint density at radius 1 is 1.35 bits per heavy atom. The maximum absolute atomic E-state index is 12.1. The van der Waals surface area contributed by atoms with Crippen LogP contribution >= 0.6 is 0 Å². The number of carbonyl (C=O) groups is 1. The Balaban J connectivity index is 1.81. The van der Waals surface area contributed by atoms with Gasteiger partial charge in [-0.1, -0.05) is 0 Å². The van der Waals surface area contributed by atoms with Crippen molar-refractivity contribution in [3.8, 4) is 6.07 Å². The number of nitriles is 1. The van der Waals surface area contributed by atoms with Crippen molar-refractivity contribution in [3.63, 3.8) is 0 Å². The second-order valence-corrected chi connectivity index (χ2v) is 7.53. The van der Waals surface area contributed by atoms with Crippen molar-refractivity contribution in [3.05, 3.63) is 35.4 Å². The van der Waals surface area contributed by atoms with E-state index in [1.165, 1.54) is 0 Å². The van der Waals surface area contributed by atoms with Crippen LogP contribution in [0.3, 0.4) is 0 Å². The Morgan fingerprint density at radius 3 is 2.58 bits per heavy atom. The minimum atomic E-state index is -0.635. The highest BCUT2D eigenvalue weighted by molar-refractivity contribution is 5.96. The van der Waals surface area contributed by atoms with Gasteiger partial charge < -0.3 is 9.84 Å². The van der Waals surface area contributed by atoms with Crippen molar-refractivity contribution in [2.45, 2.75) is 38.9 Å². The van der Waals surface area contributed by atoms with Gasteiger partial charge in [-0.25, -0.2) is 4.79 Å². The number of nitrogens with zero attached hydrogens (tertiary/aromatic N) is 3. The molecular formula is C19H27N4O3+. The van der Waals surface area contributed by atoms with Gasteiger partial charge in [-0.2, -0.15) is 5.26 Å². The number of hydrogen-bond donors (Lipinski definition) is 2. The van der Waals surface area contributed by atoms with E-state index >= 15 is 0 Å². The monoisotopic (exact) mass is 359 g/mol. The minimum Gasteiger partial charge on any atom is -0.444 e. The van der Waals surface area contributed by atoms with Crippen LogP contribution in [0.15, 0.2) is 24.3 Å². The van der Waals surface area contributed by atoms with Gasteiger partial charge in [0.1, 0.15) is 5.60 Å². The average molecular weight is 359 g/mol. The van der Waals surface area contributed by atoms with Crippen LogP contribution in [-0.2, 0) is 4.74 Å². The van der Waals surface area contributed by atoms with E-state index in [1.807, 2.05) is 25.7 Å². The van der Waals surface area contributed by atoms with E-state index in [2.05, 4.69) is 6.07 Å². The highest BCUT2D eigenvalue weighted by Gasteiger charge is 2.29. The highest BCUT2D eigenvalue weighted by Crippen LogP contribution is 2.14. The first-order chi connectivity index (χ1) is 12.2. The van der Waals surface area contributed by atoms with E-state index in [0.717, 1.165) is 5.56 Å². The normalized spacial score (nSPS) is 16.2. The van der Waals surface area contributed by atoms with Crippen LogP contribution in [0.1, 0.15) is 38.3 Å². The maximum atomic E-state index is 12.1. The number of nitrogens with two attached hydrogens (primary N) is 1. The molecule has 2 rings (SSSR count). The van der Waals surface area contributed by atoms with Crippen molar-refractivity contribution in [2.24, 2.45) is 0 Å². The van der Waals surface area contributed by atoms with Gasteiger partial charge in [-0.05, 0) is 45.0 Å². The van der Waals surface area contributed by atoms with Crippen molar-refractivity contribution < 1.29 is 20.0 Å². The molecule has 0 saturated carbocycles. The third-order valence-corrected chi connectivity index (χ3v) is 4.02. The molecule has 1 amide bonds. The second-order valence-electron chi connectivity index (χ2n) is 7.53. The lowest BCUT2D eigenvalue weighted by atomic mass is 10.0. The van der Waals surface area contributed by atoms with Gasteiger partial charge in [-0.15, -0.1) is 0 Å². The van der Waals surface area contributed by atoms with Crippen LogP contribution in [0, 0.1) is 11.3 Å². The molecule has 1 aliphatic rings. The molecule has 0 radical (unpaired) electrons. The Labute approximate surface area is 154 Å². The lowest BCUT2D eigenvalue weighted by Gasteiger charge is -2.25. The van der Waals surface area contributed by atoms with Gasteiger partial charge in [0.05, 0.1) is 30.8 Å². The summed E-state index contributed by atoms with van der Waals surface area (Å²) in [7, 11) is 0. The molecule has 1 aromatic carbocycles. The first-order valence-corrected chi connectivity index (χ1v) is 8.68. The zero-order valence-electron chi connectivity index (χ0n) is 15.6. The molecule has 1 saturated heterocycles. The summed E-state index contributed by atoms with van der Waals surface area (Å²) in [4.78, 5) is 15.7. The summed E-state index contributed by atoms with van der Waals surface area (Å²) in [5.74, 6) is 0. The largest absolute Gasteiger partial charge is 0.444 e. The molecule has 140 valence electrons. The zero-order chi connectivity index (χ0) is 19.3. The summed E-state index contributed by atoms with van der Waals surface area (Å²) in [5, 5.41) is 25.2. The quantitative estimate of drug-likeness (QED) is 0.740. The van der Waals surface area contributed by atoms with Crippen molar-refractivity contribution >= 4 is 11.8 Å². The molecule has 1 aromatic rings. The van der Waals surface area contributed by atoms with Gasteiger partial charge in [0.2, 0.25) is 0 Å². The number of benzene rings is 1. The molecule has 0 aromatic heterocycles. The van der Waals surface area contributed by atoms with Crippen LogP contribution in [0.5, 0.6) is 0 Å². The molecule has 7 nitrogen and oxygen atoms in total. The average Bonchev–Trinajstić information content (AvgIpc) is 3.01. The van der Waals surface area contributed by atoms with E-state index in [0.29, 0.717) is 44.0 Å². The molecule has 1 atom stereocenters. The fourth-order valence-corrected chi connectivity index (χ4v) is 2.76. The van der Waals surface area contributed by atoms with Crippen molar-refractivity contribution in [1.29, 1.82) is 5.26 Å². The lowest BCUT2D eigenvalue weighted by Crippen LogP contribution is -2.44. The van der Waals surface area contributed by atoms with Crippen LogP contribution in [-0.4, -0.2) is 64.7 Å². The Kier molecular flexibility index (Phi) is 6.35. The Hall–Kier alpha value is -2.43. The highest BCUT2D eigenvalue weighted by atomic mass is 16.6.